The van der Waals surface area contributed by atoms with E-state index in [-0.39, 0.29) is 17.0 Å². The number of aliphatic imine (C=N–C) groups is 2. The predicted molar refractivity (Wildman–Crippen MR) is 134 cm³/mol. The molecule has 1 aromatic rings. The molecule has 8 heteroatoms. The van der Waals surface area contributed by atoms with Crippen molar-refractivity contribution in [3.05, 3.63) is 29.8 Å². The summed E-state index contributed by atoms with van der Waals surface area (Å²) < 4.78 is 45.6. The van der Waals surface area contributed by atoms with Gasteiger partial charge in [-0.2, -0.15) is 13.2 Å². The summed E-state index contributed by atoms with van der Waals surface area (Å²) in [6.07, 6.45) is 3.32. The van der Waals surface area contributed by atoms with Crippen LogP contribution in [0.1, 0.15) is 57.9 Å². The molecule has 7 rings (SSSR count). The van der Waals surface area contributed by atoms with E-state index in [9.17, 15) is 13.2 Å². The third kappa shape index (κ3) is 4.48. The molecule has 1 unspecified atom stereocenters. The van der Waals surface area contributed by atoms with Crippen LogP contribution in [0.4, 0.5) is 18.9 Å². The Bertz CT molecular complexity index is 1010. The highest BCUT2D eigenvalue weighted by Crippen LogP contribution is 2.58. The maximum atomic E-state index is 13.3. The average molecular weight is 506 g/mol. The van der Waals surface area contributed by atoms with Crippen LogP contribution in [0.25, 0.3) is 0 Å². The van der Waals surface area contributed by atoms with E-state index >= 15 is 0 Å². The van der Waals surface area contributed by atoms with Crippen LogP contribution in [0.2, 0.25) is 0 Å². The minimum absolute atomic E-state index is 0.0450. The number of hydrogen-bond acceptors (Lipinski definition) is 5. The van der Waals surface area contributed by atoms with Crippen LogP contribution in [-0.2, 0) is 10.9 Å². The van der Waals surface area contributed by atoms with E-state index in [0.717, 1.165) is 53.1 Å². The zero-order valence-electron chi connectivity index (χ0n) is 20.5. The molecule has 0 radical (unpaired) electrons. The fraction of sp³-hybridized carbons (Fsp3) is 0.704. The molecule has 4 bridgehead atoms. The van der Waals surface area contributed by atoms with E-state index in [1.807, 2.05) is 0 Å². The number of alkyl halides is 3. The minimum atomic E-state index is -4.38. The number of thioether (sulfide) groups is 1. The first-order valence-corrected chi connectivity index (χ1v) is 13.8. The third-order valence-electron chi connectivity index (χ3n) is 8.84. The summed E-state index contributed by atoms with van der Waals surface area (Å²) in [5, 5.41) is 1.97. The summed E-state index contributed by atoms with van der Waals surface area (Å²) in [4.78, 5) is 12.9. The van der Waals surface area contributed by atoms with Crippen molar-refractivity contribution < 1.29 is 17.9 Å². The Labute approximate surface area is 209 Å². The maximum absolute atomic E-state index is 13.3. The summed E-state index contributed by atoms with van der Waals surface area (Å²) in [7, 11) is 0. The minimum Gasteiger partial charge on any atom is -0.379 e. The molecule has 2 aliphatic heterocycles. The number of ether oxygens (including phenoxy) is 1. The van der Waals surface area contributed by atoms with Gasteiger partial charge in [-0.3, -0.25) is 9.89 Å². The van der Waals surface area contributed by atoms with Crippen molar-refractivity contribution in [1.82, 2.24) is 4.90 Å². The van der Waals surface area contributed by atoms with Crippen molar-refractivity contribution in [3.63, 3.8) is 0 Å². The van der Waals surface area contributed by atoms with Gasteiger partial charge in [-0.25, -0.2) is 4.99 Å². The van der Waals surface area contributed by atoms with Gasteiger partial charge in [0.2, 0.25) is 0 Å². The Hall–Kier alpha value is -1.38. The van der Waals surface area contributed by atoms with Crippen molar-refractivity contribution in [3.8, 4) is 0 Å². The van der Waals surface area contributed by atoms with Gasteiger partial charge >= 0.3 is 6.18 Å². The van der Waals surface area contributed by atoms with Crippen LogP contribution in [-0.4, -0.2) is 52.9 Å². The number of rotatable bonds is 3. The largest absolute Gasteiger partial charge is 0.416 e. The molecule has 0 spiro atoms. The van der Waals surface area contributed by atoms with E-state index in [0.29, 0.717) is 18.9 Å². The van der Waals surface area contributed by atoms with Gasteiger partial charge in [-0.1, -0.05) is 31.7 Å². The molecule has 0 aromatic heterocycles. The molecule has 1 aromatic carbocycles. The molecule has 4 saturated carbocycles. The number of hydrogen-bond donors (Lipinski definition) is 0. The molecule has 4 nitrogen and oxygen atoms in total. The van der Waals surface area contributed by atoms with E-state index in [1.165, 1.54) is 44.6 Å². The SMILES string of the molecule is CC1(C)C(=Nc2cccc(C(F)(F)F)c2)SC(=NC23CC4CC(CC(C4)C2)C3)C1N1CCOCC1. The van der Waals surface area contributed by atoms with E-state index < -0.39 is 11.7 Å². The van der Waals surface area contributed by atoms with Crippen molar-refractivity contribution in [1.29, 1.82) is 0 Å². The number of morpholine rings is 1. The fourth-order valence-electron chi connectivity index (χ4n) is 7.72. The van der Waals surface area contributed by atoms with Gasteiger partial charge in [0.15, 0.2) is 0 Å². The number of halogens is 3. The zero-order chi connectivity index (χ0) is 24.4. The van der Waals surface area contributed by atoms with Gasteiger partial charge in [0.1, 0.15) is 0 Å². The van der Waals surface area contributed by atoms with Crippen molar-refractivity contribution >= 4 is 27.5 Å². The molecular formula is C27H34F3N3OS. The van der Waals surface area contributed by atoms with Crippen molar-refractivity contribution in [2.75, 3.05) is 26.3 Å². The first kappa shape index (κ1) is 24.0. The molecule has 35 heavy (non-hydrogen) atoms. The lowest BCUT2D eigenvalue weighted by atomic mass is 9.53. The molecule has 1 atom stereocenters. The molecular weight excluding hydrogens is 471 g/mol. The van der Waals surface area contributed by atoms with Crippen LogP contribution in [0, 0.1) is 23.2 Å². The van der Waals surface area contributed by atoms with Crippen LogP contribution in [0.3, 0.4) is 0 Å². The zero-order valence-corrected chi connectivity index (χ0v) is 21.3. The van der Waals surface area contributed by atoms with Gasteiger partial charge < -0.3 is 4.74 Å². The second-order valence-corrected chi connectivity index (χ2v) is 12.9. The molecule has 4 aliphatic carbocycles. The first-order valence-electron chi connectivity index (χ1n) is 13.0. The molecule has 2 saturated heterocycles. The van der Waals surface area contributed by atoms with Gasteiger partial charge in [-0.05, 0) is 74.5 Å². The summed E-state index contributed by atoms with van der Waals surface area (Å²) in [6.45, 7) is 7.42. The van der Waals surface area contributed by atoms with Crippen LogP contribution in [0.15, 0.2) is 34.3 Å². The lowest BCUT2D eigenvalue weighted by Crippen LogP contribution is -2.53. The summed E-state index contributed by atoms with van der Waals surface area (Å²) in [6, 6.07) is 5.44. The van der Waals surface area contributed by atoms with Crippen LogP contribution >= 0.6 is 11.8 Å². The van der Waals surface area contributed by atoms with E-state index in [4.69, 9.17) is 14.7 Å². The topological polar surface area (TPSA) is 37.2 Å². The molecule has 0 N–H and O–H groups in total. The average Bonchev–Trinajstić information content (AvgIpc) is 3.01. The van der Waals surface area contributed by atoms with Crippen molar-refractivity contribution in [2.24, 2.45) is 33.2 Å². The number of benzene rings is 1. The fourth-order valence-corrected chi connectivity index (χ4v) is 9.23. The third-order valence-corrected chi connectivity index (χ3v) is 10.2. The van der Waals surface area contributed by atoms with Gasteiger partial charge in [0, 0.05) is 18.5 Å². The van der Waals surface area contributed by atoms with Gasteiger partial charge in [0.05, 0.1) is 46.1 Å². The summed E-state index contributed by atoms with van der Waals surface area (Å²) in [5.74, 6) is 2.43. The smallest absolute Gasteiger partial charge is 0.379 e. The maximum Gasteiger partial charge on any atom is 0.416 e. The summed E-state index contributed by atoms with van der Waals surface area (Å²) in [5.41, 5.74) is -0.611. The molecule has 2 heterocycles. The normalized spacial score (nSPS) is 39.1. The lowest BCUT2D eigenvalue weighted by molar-refractivity contribution is -0.137. The van der Waals surface area contributed by atoms with E-state index in [2.05, 4.69) is 18.7 Å². The molecule has 190 valence electrons. The van der Waals surface area contributed by atoms with Crippen LogP contribution in [0.5, 0.6) is 0 Å². The first-order chi connectivity index (χ1) is 16.6. The van der Waals surface area contributed by atoms with Crippen molar-refractivity contribution in [2.45, 2.75) is 70.1 Å². The Morgan fingerprint density at radius 3 is 2.23 bits per heavy atom. The van der Waals surface area contributed by atoms with Gasteiger partial charge in [0.25, 0.3) is 0 Å². The Morgan fingerprint density at radius 1 is 1.00 bits per heavy atom. The predicted octanol–water partition coefficient (Wildman–Crippen LogP) is 6.58. The highest BCUT2D eigenvalue weighted by molar-refractivity contribution is 8.27. The highest BCUT2D eigenvalue weighted by Gasteiger charge is 2.54. The quantitative estimate of drug-likeness (QED) is 0.466. The second-order valence-electron chi connectivity index (χ2n) is 11.9. The molecule has 0 amide bonds. The van der Waals surface area contributed by atoms with Crippen LogP contribution < -0.4 is 0 Å². The Kier molecular flexibility index (Phi) is 5.89. The number of nitrogens with zero attached hydrogens (tertiary/aromatic N) is 3. The van der Waals surface area contributed by atoms with Gasteiger partial charge in [-0.15, -0.1) is 0 Å². The highest BCUT2D eigenvalue weighted by atomic mass is 32.2. The standard InChI is InChI=1S/C27H34F3N3OS/c1-25(2)22(33-6-8-34-9-7-33)23(32-26-14-17-10-18(15-26)12-19(11-17)16-26)35-24(25)31-21-5-3-4-20(13-21)27(28,29)30/h3-5,13,17-19,22H,6-12,14-16H2,1-2H3. The van der Waals surface area contributed by atoms with E-state index in [1.54, 1.807) is 17.8 Å². The Balaban J connectivity index is 1.38. The molecule has 6 fully saturated rings. The second kappa shape index (κ2) is 8.59. The Morgan fingerprint density at radius 2 is 1.63 bits per heavy atom. The lowest BCUT2D eigenvalue weighted by Gasteiger charge is -2.55. The summed E-state index contributed by atoms with van der Waals surface area (Å²) >= 11 is 1.61. The molecule has 6 aliphatic rings. The monoisotopic (exact) mass is 505 g/mol.